The van der Waals surface area contributed by atoms with Gasteiger partial charge < -0.3 is 14.7 Å². The number of hydrogen-bond acceptors (Lipinski definition) is 6. The maximum Gasteiger partial charge on any atom is 0.233 e. The van der Waals surface area contributed by atoms with Crippen molar-refractivity contribution in [2.75, 3.05) is 55.8 Å². The van der Waals surface area contributed by atoms with Gasteiger partial charge in [0.2, 0.25) is 5.91 Å². The van der Waals surface area contributed by atoms with Crippen LogP contribution < -0.4 is 9.80 Å². The molecule has 0 bridgehead atoms. The zero-order valence-electron chi connectivity index (χ0n) is 15.9. The first-order chi connectivity index (χ1) is 12.9. The monoisotopic (exact) mass is 405 g/mol. The Bertz CT molecular complexity index is 808. The van der Waals surface area contributed by atoms with Crippen LogP contribution >= 0.6 is 23.4 Å². The molecule has 1 saturated heterocycles. The Labute approximate surface area is 169 Å². The van der Waals surface area contributed by atoms with Gasteiger partial charge in [-0.2, -0.15) is 0 Å². The lowest BCUT2D eigenvalue weighted by Gasteiger charge is -2.36. The van der Waals surface area contributed by atoms with E-state index < -0.39 is 0 Å². The molecule has 3 rings (SSSR count). The van der Waals surface area contributed by atoms with Crippen molar-refractivity contribution in [1.29, 1.82) is 0 Å². The van der Waals surface area contributed by atoms with E-state index in [0.29, 0.717) is 16.1 Å². The summed E-state index contributed by atoms with van der Waals surface area (Å²) in [5.41, 5.74) is 2.52. The summed E-state index contributed by atoms with van der Waals surface area (Å²) in [6.45, 7) is 5.27. The molecule has 1 aliphatic heterocycles. The van der Waals surface area contributed by atoms with Gasteiger partial charge in [0.1, 0.15) is 11.0 Å². The number of carbonyl (C=O) groups is 1. The molecular weight excluding hydrogens is 382 g/mol. The highest BCUT2D eigenvalue weighted by Crippen LogP contribution is 2.23. The van der Waals surface area contributed by atoms with E-state index in [1.807, 2.05) is 23.9 Å². The van der Waals surface area contributed by atoms with Gasteiger partial charge in [-0.15, -0.1) is 0 Å². The largest absolute Gasteiger partial charge is 0.368 e. The number of aromatic nitrogens is 2. The van der Waals surface area contributed by atoms with Crippen molar-refractivity contribution >= 4 is 40.8 Å². The number of anilines is 2. The molecule has 0 atom stereocenters. The molecule has 144 valence electrons. The summed E-state index contributed by atoms with van der Waals surface area (Å²) in [4.78, 5) is 27.3. The van der Waals surface area contributed by atoms with Gasteiger partial charge in [-0.25, -0.2) is 9.97 Å². The van der Waals surface area contributed by atoms with Crippen LogP contribution in [0.5, 0.6) is 0 Å². The molecule has 8 heteroatoms. The van der Waals surface area contributed by atoms with Gasteiger partial charge in [-0.3, -0.25) is 4.79 Å². The Hall–Kier alpha value is -1.99. The fourth-order valence-corrected chi connectivity index (χ4v) is 4.00. The van der Waals surface area contributed by atoms with Crippen molar-refractivity contribution in [2.24, 2.45) is 0 Å². The second kappa shape index (κ2) is 8.80. The summed E-state index contributed by atoms with van der Waals surface area (Å²) >= 11 is 7.38. The first-order valence-electron chi connectivity index (χ1n) is 8.87. The number of piperazine rings is 1. The van der Waals surface area contributed by atoms with Gasteiger partial charge in [-0.1, -0.05) is 41.6 Å². The molecule has 6 nitrogen and oxygen atoms in total. The van der Waals surface area contributed by atoms with Gasteiger partial charge >= 0.3 is 0 Å². The van der Waals surface area contributed by atoms with Crippen LogP contribution in [0.4, 0.5) is 11.5 Å². The van der Waals surface area contributed by atoms with Crippen molar-refractivity contribution in [2.45, 2.75) is 12.1 Å². The van der Waals surface area contributed by atoms with Crippen molar-refractivity contribution in [1.82, 2.24) is 14.9 Å². The maximum absolute atomic E-state index is 12.6. The summed E-state index contributed by atoms with van der Waals surface area (Å²) in [5.74, 6) is 1.16. The second-order valence-electron chi connectivity index (χ2n) is 6.67. The fraction of sp³-hybridized carbons (Fsp3) is 0.421. The number of benzene rings is 1. The Balaban J connectivity index is 1.54. The zero-order chi connectivity index (χ0) is 19.4. The Kier molecular flexibility index (Phi) is 6.44. The Morgan fingerprint density at radius 3 is 2.56 bits per heavy atom. The molecule has 0 radical (unpaired) electrons. The molecule has 1 aromatic heterocycles. The Morgan fingerprint density at radius 1 is 1.19 bits per heavy atom. The number of nitrogens with zero attached hydrogens (tertiary/aromatic N) is 5. The van der Waals surface area contributed by atoms with Crippen LogP contribution in [-0.4, -0.2) is 66.8 Å². The number of para-hydroxylation sites is 1. The predicted molar refractivity (Wildman–Crippen MR) is 112 cm³/mol. The molecule has 0 spiro atoms. The summed E-state index contributed by atoms with van der Waals surface area (Å²) in [5, 5.41) is 0.911. The number of aryl methyl sites for hydroxylation is 1. The molecule has 27 heavy (non-hydrogen) atoms. The predicted octanol–water partition coefficient (Wildman–Crippen LogP) is 2.95. The van der Waals surface area contributed by atoms with Gasteiger partial charge in [0.25, 0.3) is 0 Å². The number of carbonyl (C=O) groups excluding carboxylic acids is 1. The molecule has 0 N–H and O–H groups in total. The van der Waals surface area contributed by atoms with E-state index in [4.69, 9.17) is 11.6 Å². The number of halogens is 1. The summed E-state index contributed by atoms with van der Waals surface area (Å²) < 4.78 is 0. The first kappa shape index (κ1) is 19.8. The highest BCUT2D eigenvalue weighted by atomic mass is 35.5. The summed E-state index contributed by atoms with van der Waals surface area (Å²) in [7, 11) is 3.79. The minimum Gasteiger partial charge on any atom is -0.368 e. The van der Waals surface area contributed by atoms with Crippen LogP contribution in [0.2, 0.25) is 5.15 Å². The summed E-state index contributed by atoms with van der Waals surface area (Å²) in [6, 6.07) is 10.1. The Morgan fingerprint density at radius 2 is 1.89 bits per heavy atom. The molecule has 0 saturated carbocycles. The van der Waals surface area contributed by atoms with Crippen LogP contribution in [0.3, 0.4) is 0 Å². The molecule has 1 aromatic carbocycles. The van der Waals surface area contributed by atoms with Crippen molar-refractivity contribution < 1.29 is 4.79 Å². The minimum absolute atomic E-state index is 0.111. The van der Waals surface area contributed by atoms with Crippen LogP contribution in [0, 0.1) is 6.92 Å². The van der Waals surface area contributed by atoms with Crippen molar-refractivity contribution in [3.05, 3.63) is 41.0 Å². The van der Waals surface area contributed by atoms with Crippen LogP contribution in [0.25, 0.3) is 0 Å². The molecule has 1 fully saturated rings. The zero-order valence-corrected chi connectivity index (χ0v) is 17.4. The molecular formula is C19H24ClN5OS. The van der Waals surface area contributed by atoms with Crippen molar-refractivity contribution in [3.63, 3.8) is 0 Å². The molecule has 1 amide bonds. The third-order valence-electron chi connectivity index (χ3n) is 4.53. The van der Waals surface area contributed by atoms with Crippen LogP contribution in [0.1, 0.15) is 5.56 Å². The molecule has 0 aliphatic carbocycles. The van der Waals surface area contributed by atoms with E-state index in [0.717, 1.165) is 32.0 Å². The molecule has 2 heterocycles. The number of hydrogen-bond donors (Lipinski definition) is 0. The van der Waals surface area contributed by atoms with E-state index in [9.17, 15) is 4.79 Å². The lowest BCUT2D eigenvalue weighted by molar-refractivity contribution is -0.128. The maximum atomic E-state index is 12.6. The van der Waals surface area contributed by atoms with E-state index in [-0.39, 0.29) is 5.91 Å². The number of rotatable bonds is 5. The highest BCUT2D eigenvalue weighted by Gasteiger charge is 2.22. The van der Waals surface area contributed by atoms with Crippen molar-refractivity contribution in [3.8, 4) is 0 Å². The minimum atomic E-state index is 0.111. The normalized spacial score (nSPS) is 14.4. The average molecular weight is 406 g/mol. The van der Waals surface area contributed by atoms with Crippen LogP contribution in [0.15, 0.2) is 35.5 Å². The van der Waals surface area contributed by atoms with Gasteiger partial charge in [-0.05, 0) is 18.6 Å². The smallest absolute Gasteiger partial charge is 0.233 e. The topological polar surface area (TPSA) is 52.6 Å². The quantitative estimate of drug-likeness (QED) is 0.433. The third-order valence-corrected chi connectivity index (χ3v) is 5.56. The molecule has 2 aromatic rings. The fourth-order valence-electron chi connectivity index (χ4n) is 3.01. The number of thioether (sulfide) groups is 1. The van der Waals surface area contributed by atoms with Gasteiger partial charge in [0.05, 0.1) is 5.75 Å². The van der Waals surface area contributed by atoms with Gasteiger partial charge in [0.15, 0.2) is 5.16 Å². The highest BCUT2D eigenvalue weighted by molar-refractivity contribution is 7.99. The first-order valence-corrected chi connectivity index (χ1v) is 10.2. The lowest BCUT2D eigenvalue weighted by atomic mass is 10.1. The summed E-state index contributed by atoms with van der Waals surface area (Å²) in [6.07, 6.45) is 0. The van der Waals surface area contributed by atoms with E-state index >= 15 is 0 Å². The van der Waals surface area contributed by atoms with E-state index in [2.05, 4.69) is 46.1 Å². The van der Waals surface area contributed by atoms with Crippen LogP contribution in [-0.2, 0) is 4.79 Å². The lowest BCUT2D eigenvalue weighted by Crippen LogP contribution is -2.49. The van der Waals surface area contributed by atoms with E-state index in [1.54, 1.807) is 6.07 Å². The van der Waals surface area contributed by atoms with Gasteiger partial charge in [0, 0.05) is 52.0 Å². The third kappa shape index (κ3) is 5.05. The molecule has 1 aliphatic rings. The number of amides is 1. The van der Waals surface area contributed by atoms with E-state index in [1.165, 1.54) is 23.0 Å². The average Bonchev–Trinajstić information content (AvgIpc) is 2.66. The SMILES string of the molecule is Cc1ccccc1N1CCN(C(=O)CSc2nc(Cl)cc(N(C)C)n2)CC1. The standard InChI is InChI=1S/C19H24ClN5OS/c1-14-6-4-5-7-15(14)24-8-10-25(11-9-24)18(26)13-27-19-21-16(20)12-17(22-19)23(2)3/h4-7,12H,8-11,13H2,1-3H3. The second-order valence-corrected chi connectivity index (χ2v) is 8.00. The molecule has 0 unspecified atom stereocenters.